The van der Waals surface area contributed by atoms with Gasteiger partial charge in [-0.15, -0.1) is 0 Å². The van der Waals surface area contributed by atoms with Crippen LogP contribution in [0.2, 0.25) is 0 Å². The summed E-state index contributed by atoms with van der Waals surface area (Å²) in [7, 11) is -1.36. The normalized spacial score (nSPS) is 13.1. The molecule has 2 rings (SSSR count). The number of nitrogens with zero attached hydrogens (tertiary/aromatic N) is 1. The Morgan fingerprint density at radius 2 is 1.68 bits per heavy atom. The van der Waals surface area contributed by atoms with E-state index in [1.54, 1.807) is 19.2 Å². The summed E-state index contributed by atoms with van der Waals surface area (Å²) in [5, 5.41) is 6.37. The van der Waals surface area contributed by atoms with E-state index in [0.29, 0.717) is 24.8 Å². The van der Waals surface area contributed by atoms with Crippen LogP contribution in [0.25, 0.3) is 0 Å². The second-order valence-corrected chi connectivity index (χ2v) is 8.72. The second-order valence-electron chi connectivity index (χ2n) is 6.58. The van der Waals surface area contributed by atoms with Crippen molar-refractivity contribution in [2.75, 3.05) is 19.8 Å². The topological polar surface area (TPSA) is 79.8 Å². The Morgan fingerprint density at radius 1 is 1.07 bits per heavy atom. The predicted octanol–water partition coefficient (Wildman–Crippen LogP) is 2.50. The summed E-state index contributed by atoms with van der Waals surface area (Å²) in [6.07, 6.45) is 1.08. The van der Waals surface area contributed by atoms with Crippen molar-refractivity contribution in [3.05, 3.63) is 65.5 Å². The molecule has 1 atom stereocenters. The van der Waals surface area contributed by atoms with Crippen LogP contribution >= 0.6 is 0 Å². The maximum Gasteiger partial charge on any atom is 0.191 e. The summed E-state index contributed by atoms with van der Waals surface area (Å²) >= 11 is 0. The Bertz CT molecular complexity index is 882. The SMILES string of the molecule is CN=C(NCc1ccc(CS(C)(=O)=O)cc1)NCC(C)Oc1ccc(F)cc1. The van der Waals surface area contributed by atoms with E-state index in [-0.39, 0.29) is 17.7 Å². The van der Waals surface area contributed by atoms with Crippen molar-refractivity contribution < 1.29 is 17.5 Å². The van der Waals surface area contributed by atoms with E-state index >= 15 is 0 Å². The van der Waals surface area contributed by atoms with Crippen LogP contribution in [0.1, 0.15) is 18.1 Å². The third-order valence-corrected chi connectivity index (χ3v) is 4.70. The Kier molecular flexibility index (Phi) is 7.80. The van der Waals surface area contributed by atoms with Crippen LogP contribution in [0.3, 0.4) is 0 Å². The third kappa shape index (κ3) is 7.96. The van der Waals surface area contributed by atoms with E-state index in [2.05, 4.69) is 15.6 Å². The summed E-state index contributed by atoms with van der Waals surface area (Å²) in [5.74, 6) is 0.963. The number of nitrogens with one attached hydrogen (secondary N) is 2. The number of benzene rings is 2. The van der Waals surface area contributed by atoms with Gasteiger partial charge in [0.25, 0.3) is 0 Å². The molecule has 0 bridgehead atoms. The first kappa shape index (κ1) is 21.7. The van der Waals surface area contributed by atoms with E-state index in [1.165, 1.54) is 18.4 Å². The van der Waals surface area contributed by atoms with Gasteiger partial charge >= 0.3 is 0 Å². The minimum Gasteiger partial charge on any atom is -0.489 e. The number of hydrogen-bond acceptors (Lipinski definition) is 4. The van der Waals surface area contributed by atoms with E-state index < -0.39 is 9.84 Å². The molecule has 152 valence electrons. The molecule has 28 heavy (non-hydrogen) atoms. The van der Waals surface area contributed by atoms with E-state index in [0.717, 1.165) is 11.1 Å². The molecular formula is C20H26FN3O3S. The Hall–Kier alpha value is -2.61. The zero-order valence-electron chi connectivity index (χ0n) is 16.3. The molecule has 0 spiro atoms. The smallest absolute Gasteiger partial charge is 0.191 e. The van der Waals surface area contributed by atoms with Crippen LogP contribution in [0, 0.1) is 5.82 Å². The van der Waals surface area contributed by atoms with Crippen molar-refractivity contribution in [2.24, 2.45) is 4.99 Å². The highest BCUT2D eigenvalue weighted by Gasteiger charge is 2.07. The monoisotopic (exact) mass is 407 g/mol. The van der Waals surface area contributed by atoms with Gasteiger partial charge in [-0.05, 0) is 42.3 Å². The average Bonchev–Trinajstić information content (AvgIpc) is 2.64. The fraction of sp³-hybridized carbons (Fsp3) is 0.350. The summed E-state index contributed by atoms with van der Waals surface area (Å²) in [6.45, 7) is 2.97. The lowest BCUT2D eigenvalue weighted by molar-refractivity contribution is 0.223. The van der Waals surface area contributed by atoms with Crippen LogP contribution in [0.15, 0.2) is 53.5 Å². The highest BCUT2D eigenvalue weighted by molar-refractivity contribution is 7.89. The molecule has 2 aromatic rings. The molecule has 6 nitrogen and oxygen atoms in total. The van der Waals surface area contributed by atoms with Gasteiger partial charge < -0.3 is 15.4 Å². The van der Waals surface area contributed by atoms with Crippen LogP contribution in [0.4, 0.5) is 4.39 Å². The molecule has 0 amide bonds. The zero-order chi connectivity index (χ0) is 20.6. The largest absolute Gasteiger partial charge is 0.489 e. The molecule has 0 aliphatic carbocycles. The maximum atomic E-state index is 12.9. The third-order valence-electron chi connectivity index (χ3n) is 3.84. The summed E-state index contributed by atoms with van der Waals surface area (Å²) in [4.78, 5) is 4.17. The highest BCUT2D eigenvalue weighted by Crippen LogP contribution is 2.12. The lowest BCUT2D eigenvalue weighted by Crippen LogP contribution is -2.41. The first-order valence-corrected chi connectivity index (χ1v) is 10.9. The van der Waals surface area contributed by atoms with E-state index in [4.69, 9.17) is 4.74 Å². The Labute approximate surface area is 165 Å². The van der Waals surface area contributed by atoms with Gasteiger partial charge in [-0.1, -0.05) is 24.3 Å². The molecule has 0 aliphatic heterocycles. The summed E-state index contributed by atoms with van der Waals surface area (Å²) < 4.78 is 41.3. The minimum atomic E-state index is -3.04. The van der Waals surface area contributed by atoms with Crippen LogP contribution in [-0.4, -0.2) is 40.3 Å². The fourth-order valence-corrected chi connectivity index (χ4v) is 3.29. The predicted molar refractivity (Wildman–Crippen MR) is 110 cm³/mol. The molecule has 0 saturated heterocycles. The van der Waals surface area contributed by atoms with Gasteiger partial charge in [0.15, 0.2) is 15.8 Å². The number of halogens is 1. The quantitative estimate of drug-likeness (QED) is 0.519. The van der Waals surface area contributed by atoms with Crippen LogP contribution in [-0.2, 0) is 22.1 Å². The van der Waals surface area contributed by atoms with Crippen molar-refractivity contribution >= 4 is 15.8 Å². The van der Waals surface area contributed by atoms with Gasteiger partial charge in [0, 0.05) is 19.8 Å². The summed E-state index contributed by atoms with van der Waals surface area (Å²) in [5.41, 5.74) is 1.77. The van der Waals surface area contributed by atoms with E-state index in [9.17, 15) is 12.8 Å². The molecule has 8 heteroatoms. The average molecular weight is 408 g/mol. The Morgan fingerprint density at radius 3 is 2.25 bits per heavy atom. The van der Waals surface area contributed by atoms with Crippen LogP contribution in [0.5, 0.6) is 5.75 Å². The zero-order valence-corrected chi connectivity index (χ0v) is 17.1. The molecule has 2 aromatic carbocycles. The van der Waals surface area contributed by atoms with Crippen molar-refractivity contribution in [3.63, 3.8) is 0 Å². The van der Waals surface area contributed by atoms with Gasteiger partial charge in [-0.3, -0.25) is 4.99 Å². The number of aliphatic imine (C=N–C) groups is 1. The minimum absolute atomic E-state index is 0.0376. The molecule has 0 fully saturated rings. The lowest BCUT2D eigenvalue weighted by atomic mass is 10.1. The number of rotatable bonds is 8. The number of ether oxygens (including phenoxy) is 1. The molecular weight excluding hydrogens is 381 g/mol. The molecule has 0 aromatic heterocycles. The second kappa shape index (κ2) is 10.1. The highest BCUT2D eigenvalue weighted by atomic mass is 32.2. The molecule has 0 heterocycles. The number of sulfone groups is 1. The van der Waals surface area contributed by atoms with Crippen LogP contribution < -0.4 is 15.4 Å². The molecule has 0 radical (unpaired) electrons. The van der Waals surface area contributed by atoms with E-state index in [1.807, 2.05) is 31.2 Å². The molecule has 0 aliphatic rings. The van der Waals surface area contributed by atoms with Crippen molar-refractivity contribution in [3.8, 4) is 5.75 Å². The van der Waals surface area contributed by atoms with Crippen molar-refractivity contribution in [2.45, 2.75) is 25.3 Å². The van der Waals surface area contributed by atoms with Gasteiger partial charge in [0.05, 0.1) is 12.3 Å². The van der Waals surface area contributed by atoms with Gasteiger partial charge in [0.1, 0.15) is 17.7 Å². The summed E-state index contributed by atoms with van der Waals surface area (Å²) in [6, 6.07) is 13.3. The molecule has 2 N–H and O–H groups in total. The van der Waals surface area contributed by atoms with Gasteiger partial charge in [-0.25, -0.2) is 12.8 Å². The maximum absolute atomic E-state index is 12.9. The van der Waals surface area contributed by atoms with Gasteiger partial charge in [0.2, 0.25) is 0 Å². The Balaban J connectivity index is 1.78. The number of hydrogen-bond donors (Lipinski definition) is 2. The van der Waals surface area contributed by atoms with Crippen molar-refractivity contribution in [1.82, 2.24) is 10.6 Å². The fourth-order valence-electron chi connectivity index (χ4n) is 2.49. The first-order valence-electron chi connectivity index (χ1n) is 8.87. The standard InChI is InChI=1S/C20H26FN3O3S/c1-15(27-19-10-8-18(21)9-11-19)12-23-20(22-2)24-13-16-4-6-17(7-5-16)14-28(3,25)26/h4-11,15H,12-14H2,1-3H3,(H2,22,23,24). The number of guanidine groups is 1. The van der Waals surface area contributed by atoms with Gasteiger partial charge in [-0.2, -0.15) is 0 Å². The van der Waals surface area contributed by atoms with Crippen molar-refractivity contribution in [1.29, 1.82) is 0 Å². The molecule has 0 saturated carbocycles. The first-order chi connectivity index (χ1) is 13.2. The molecule has 1 unspecified atom stereocenters. The lowest BCUT2D eigenvalue weighted by Gasteiger charge is -2.18.